The molecular formula is C20H19N2+. The molecule has 0 aliphatic rings. The molecule has 0 amide bonds. The second-order valence-electron chi connectivity index (χ2n) is 4.88. The average molecular weight is 287 g/mol. The molecule has 1 N–H and O–H groups in total. The van der Waals surface area contributed by atoms with Crippen molar-refractivity contribution in [3.05, 3.63) is 77.7 Å². The lowest BCUT2D eigenvalue weighted by Crippen LogP contribution is -1.91. The van der Waals surface area contributed by atoms with Gasteiger partial charge in [-0.2, -0.15) is 0 Å². The number of nitrogens with one attached hydrogen (secondary N) is 1. The molecule has 0 saturated heterocycles. The number of hydrogen-bond donors (Lipinski definition) is 1. The molecular weight excluding hydrogens is 268 g/mol. The van der Waals surface area contributed by atoms with Crippen LogP contribution in [0.25, 0.3) is 4.85 Å². The lowest BCUT2D eigenvalue weighted by atomic mass is 10.1. The zero-order valence-corrected chi connectivity index (χ0v) is 12.7. The van der Waals surface area contributed by atoms with Gasteiger partial charge in [-0.15, -0.1) is 0 Å². The molecule has 22 heavy (non-hydrogen) atoms. The second kappa shape index (κ2) is 9.06. The number of nitrogens with zero attached hydrogens (tertiary/aromatic N) is 1. The molecule has 0 radical (unpaired) electrons. The van der Waals surface area contributed by atoms with Gasteiger partial charge in [0, 0.05) is 29.8 Å². The smallest absolute Gasteiger partial charge is 0.315 e. The van der Waals surface area contributed by atoms with E-state index in [1.54, 1.807) is 0 Å². The minimum absolute atomic E-state index is 0.283. The SMILES string of the molecule is CC(C#CNc1ccccc1)C/C=C/C#[N+]c1ccccc1. The summed E-state index contributed by atoms with van der Waals surface area (Å²) in [5.74, 6) is 3.45. The third-order valence-electron chi connectivity index (χ3n) is 2.93. The largest absolute Gasteiger partial charge is 0.340 e. The minimum atomic E-state index is 0.283. The molecule has 1 unspecified atom stereocenters. The highest BCUT2D eigenvalue weighted by atomic mass is 14.8. The molecule has 2 rings (SSSR count). The molecule has 108 valence electrons. The van der Waals surface area contributed by atoms with E-state index >= 15 is 0 Å². The summed E-state index contributed by atoms with van der Waals surface area (Å²) in [6, 6.07) is 25.6. The van der Waals surface area contributed by atoms with Gasteiger partial charge in [-0.3, -0.25) is 0 Å². The van der Waals surface area contributed by atoms with Crippen molar-refractivity contribution >= 4 is 11.4 Å². The first-order valence-electron chi connectivity index (χ1n) is 7.32. The van der Waals surface area contributed by atoms with Crippen LogP contribution in [0.15, 0.2) is 72.8 Å². The normalized spacial score (nSPS) is 11.0. The Bertz CT molecular complexity index is 710. The summed E-state index contributed by atoms with van der Waals surface area (Å²) in [6.07, 6.45) is 4.75. The molecule has 0 heterocycles. The maximum Gasteiger partial charge on any atom is 0.340 e. The van der Waals surface area contributed by atoms with E-state index in [0.29, 0.717) is 0 Å². The standard InChI is InChI=1S/C20H19N2/c1-18(15-17-22-20-13-6-3-7-14-20)10-8-9-16-21-19-11-4-2-5-12-19/h2-9,11-14,18,22H,10H2,1H3/q+1/b9-8+. The van der Waals surface area contributed by atoms with Crippen molar-refractivity contribution in [1.29, 1.82) is 0 Å². The number of para-hydroxylation sites is 2. The first kappa shape index (κ1) is 15.4. The Labute approximate surface area is 132 Å². The van der Waals surface area contributed by atoms with E-state index in [4.69, 9.17) is 0 Å². The summed E-state index contributed by atoms with van der Waals surface area (Å²) in [6.45, 7) is 2.10. The van der Waals surface area contributed by atoms with Crippen LogP contribution in [0, 0.1) is 24.0 Å². The Morgan fingerprint density at radius 1 is 1.05 bits per heavy atom. The number of anilines is 1. The van der Waals surface area contributed by atoms with Gasteiger partial charge < -0.3 is 5.32 Å². The highest BCUT2D eigenvalue weighted by Gasteiger charge is 1.95. The lowest BCUT2D eigenvalue weighted by molar-refractivity contribution is 0.773. The van der Waals surface area contributed by atoms with Crippen LogP contribution in [0.3, 0.4) is 0 Å². The summed E-state index contributed by atoms with van der Waals surface area (Å²) in [7, 11) is 0. The van der Waals surface area contributed by atoms with E-state index in [1.807, 2.05) is 72.8 Å². The Morgan fingerprint density at radius 3 is 2.45 bits per heavy atom. The van der Waals surface area contributed by atoms with Crippen LogP contribution in [0.4, 0.5) is 11.4 Å². The van der Waals surface area contributed by atoms with Crippen LogP contribution in [-0.2, 0) is 0 Å². The molecule has 2 aromatic carbocycles. The summed E-state index contributed by atoms with van der Waals surface area (Å²) in [5.41, 5.74) is 1.92. The van der Waals surface area contributed by atoms with Crippen molar-refractivity contribution < 1.29 is 0 Å². The Hall–Kier alpha value is -2.97. The van der Waals surface area contributed by atoms with E-state index in [9.17, 15) is 0 Å². The maximum absolute atomic E-state index is 4.22. The molecule has 0 saturated carbocycles. The molecule has 0 spiro atoms. The number of rotatable bonds is 3. The van der Waals surface area contributed by atoms with Gasteiger partial charge in [0.05, 0.1) is 6.08 Å². The Balaban J connectivity index is 1.75. The van der Waals surface area contributed by atoms with Crippen LogP contribution in [0.2, 0.25) is 0 Å². The third kappa shape index (κ3) is 5.99. The van der Waals surface area contributed by atoms with Crippen molar-refractivity contribution in [2.24, 2.45) is 5.92 Å². The van der Waals surface area contributed by atoms with Gasteiger partial charge in [-0.1, -0.05) is 55.3 Å². The van der Waals surface area contributed by atoms with E-state index in [0.717, 1.165) is 17.8 Å². The van der Waals surface area contributed by atoms with Crippen LogP contribution in [0.1, 0.15) is 13.3 Å². The number of allylic oxidation sites excluding steroid dienone is 2. The summed E-state index contributed by atoms with van der Waals surface area (Å²) >= 11 is 0. The van der Waals surface area contributed by atoms with Crippen molar-refractivity contribution in [3.63, 3.8) is 0 Å². The molecule has 0 bridgehead atoms. The minimum Gasteiger partial charge on any atom is -0.315 e. The molecule has 2 nitrogen and oxygen atoms in total. The fraction of sp³-hybridized carbons (Fsp3) is 0.150. The fourth-order valence-corrected chi connectivity index (χ4v) is 1.75. The van der Waals surface area contributed by atoms with E-state index in [-0.39, 0.29) is 5.92 Å². The lowest BCUT2D eigenvalue weighted by Gasteiger charge is -1.98. The number of hydrogen-bond acceptors (Lipinski definition) is 1. The summed E-state index contributed by atoms with van der Waals surface area (Å²) in [4.78, 5) is 4.22. The van der Waals surface area contributed by atoms with Crippen molar-refractivity contribution in [3.8, 4) is 18.0 Å². The van der Waals surface area contributed by atoms with Gasteiger partial charge in [-0.25, -0.2) is 0 Å². The predicted molar refractivity (Wildman–Crippen MR) is 94.1 cm³/mol. The molecule has 0 aliphatic heterocycles. The summed E-state index contributed by atoms with van der Waals surface area (Å²) in [5, 5.41) is 3.08. The highest BCUT2D eigenvalue weighted by molar-refractivity contribution is 5.47. The highest BCUT2D eigenvalue weighted by Crippen LogP contribution is 2.09. The van der Waals surface area contributed by atoms with E-state index in [2.05, 4.69) is 35.1 Å². The molecule has 1 atom stereocenters. The predicted octanol–water partition coefficient (Wildman–Crippen LogP) is 5.31. The topological polar surface area (TPSA) is 16.4 Å². The van der Waals surface area contributed by atoms with Gasteiger partial charge in [0.1, 0.15) is 0 Å². The molecule has 0 aromatic heterocycles. The molecule has 0 fully saturated rings. The average Bonchev–Trinajstić information content (AvgIpc) is 2.56. The maximum atomic E-state index is 4.22. The second-order valence-corrected chi connectivity index (χ2v) is 4.88. The van der Waals surface area contributed by atoms with Gasteiger partial charge in [0.15, 0.2) is 0 Å². The zero-order valence-electron chi connectivity index (χ0n) is 12.7. The molecule has 2 heteroatoms. The third-order valence-corrected chi connectivity index (χ3v) is 2.93. The fourth-order valence-electron chi connectivity index (χ4n) is 1.75. The van der Waals surface area contributed by atoms with Crippen molar-refractivity contribution in [2.75, 3.05) is 5.32 Å². The van der Waals surface area contributed by atoms with Gasteiger partial charge in [0.2, 0.25) is 0 Å². The molecule has 0 aliphatic carbocycles. The Morgan fingerprint density at radius 2 is 1.73 bits per heavy atom. The van der Waals surface area contributed by atoms with E-state index in [1.165, 1.54) is 0 Å². The van der Waals surface area contributed by atoms with Gasteiger partial charge >= 0.3 is 11.8 Å². The van der Waals surface area contributed by atoms with Gasteiger partial charge in [-0.05, 0) is 23.4 Å². The Kier molecular flexibility index (Phi) is 6.35. The van der Waals surface area contributed by atoms with Crippen LogP contribution in [-0.4, -0.2) is 0 Å². The van der Waals surface area contributed by atoms with Crippen molar-refractivity contribution in [1.82, 2.24) is 0 Å². The van der Waals surface area contributed by atoms with E-state index < -0.39 is 0 Å². The van der Waals surface area contributed by atoms with Crippen molar-refractivity contribution in [2.45, 2.75) is 13.3 Å². The quantitative estimate of drug-likeness (QED) is 0.460. The van der Waals surface area contributed by atoms with Crippen LogP contribution in [0.5, 0.6) is 0 Å². The first-order chi connectivity index (χ1) is 10.8. The van der Waals surface area contributed by atoms with Crippen LogP contribution >= 0.6 is 0 Å². The zero-order chi connectivity index (χ0) is 15.5. The number of benzene rings is 2. The molecule has 2 aromatic rings. The first-order valence-corrected chi connectivity index (χ1v) is 7.32. The van der Waals surface area contributed by atoms with Gasteiger partial charge in [0.25, 0.3) is 0 Å². The van der Waals surface area contributed by atoms with Crippen LogP contribution < -0.4 is 5.32 Å². The monoisotopic (exact) mass is 287 g/mol. The summed E-state index contributed by atoms with van der Waals surface area (Å²) < 4.78 is 0.